The van der Waals surface area contributed by atoms with Crippen LogP contribution >= 0.6 is 11.8 Å². The van der Waals surface area contributed by atoms with Gasteiger partial charge in [0.25, 0.3) is 0 Å². The fourth-order valence-corrected chi connectivity index (χ4v) is 5.16. The topological polar surface area (TPSA) is 0 Å². The van der Waals surface area contributed by atoms with Crippen LogP contribution in [0.1, 0.15) is 7.43 Å². The average molecular weight is 241 g/mol. The Morgan fingerprint density at radius 1 is 1.62 bits per heavy atom. The summed E-state index contributed by atoms with van der Waals surface area (Å²) < 4.78 is 1.64. The number of rotatable bonds is 2. The van der Waals surface area contributed by atoms with E-state index in [-0.39, 0.29) is 29.0 Å². The van der Waals surface area contributed by atoms with Crippen LogP contribution in [-0.2, 0) is 0 Å². The van der Waals surface area contributed by atoms with Crippen molar-refractivity contribution in [2.75, 3.05) is 11.5 Å². The molecular formula is C6H15SSb. The Labute approximate surface area is 67.3 Å². The normalized spacial score (nSPS) is 19.1. The van der Waals surface area contributed by atoms with Gasteiger partial charge in [-0.15, -0.1) is 0 Å². The molecule has 1 rings (SSSR count). The Morgan fingerprint density at radius 3 is 2.38 bits per heavy atom. The maximum absolute atomic E-state index is 2.44. The van der Waals surface area contributed by atoms with E-state index in [1.54, 1.807) is 4.37 Å². The third-order valence-electron chi connectivity index (χ3n) is 1.20. The van der Waals surface area contributed by atoms with Crippen molar-refractivity contribution in [2.45, 2.75) is 16.7 Å². The van der Waals surface area contributed by atoms with Crippen molar-refractivity contribution in [3.8, 4) is 0 Å². The Hall–Kier alpha value is 1.17. The third kappa shape index (κ3) is 2.64. The Balaban J connectivity index is 0.000000490. The summed E-state index contributed by atoms with van der Waals surface area (Å²) in [7, 11) is 0. The molecule has 0 spiro atoms. The van der Waals surface area contributed by atoms with Crippen LogP contribution in [-0.4, -0.2) is 33.1 Å². The van der Waals surface area contributed by atoms with Gasteiger partial charge in [-0.25, -0.2) is 0 Å². The van der Waals surface area contributed by atoms with E-state index in [0.717, 1.165) is 0 Å². The first-order chi connectivity index (χ1) is 3.43. The van der Waals surface area contributed by atoms with Gasteiger partial charge >= 0.3 is 60.0 Å². The van der Waals surface area contributed by atoms with E-state index in [2.05, 4.69) is 16.6 Å². The van der Waals surface area contributed by atoms with Crippen molar-refractivity contribution in [1.29, 1.82) is 0 Å². The molecule has 0 aromatic carbocycles. The van der Waals surface area contributed by atoms with E-state index in [0.29, 0.717) is 0 Å². The molecule has 0 bridgehead atoms. The van der Waals surface area contributed by atoms with Gasteiger partial charge in [-0.2, -0.15) is 0 Å². The molecule has 0 amide bonds. The van der Waals surface area contributed by atoms with Gasteiger partial charge in [-0.05, 0) is 0 Å². The first-order valence-electron chi connectivity index (χ1n) is 2.66. The molecule has 2 heteroatoms. The summed E-state index contributed by atoms with van der Waals surface area (Å²) in [6.07, 6.45) is 0. The Morgan fingerprint density at radius 2 is 2.25 bits per heavy atom. The van der Waals surface area contributed by atoms with E-state index < -0.39 is 0 Å². The molecule has 50 valence electrons. The van der Waals surface area contributed by atoms with Crippen LogP contribution < -0.4 is 0 Å². The molecular weight excluding hydrogens is 226 g/mol. The Kier molecular flexibility index (Phi) is 5.72. The zero-order valence-electron chi connectivity index (χ0n) is 4.61. The second kappa shape index (κ2) is 4.99. The summed E-state index contributed by atoms with van der Waals surface area (Å²) in [5, 5.41) is 0. The van der Waals surface area contributed by atoms with Crippen LogP contribution in [0.2, 0.25) is 9.24 Å². The van der Waals surface area contributed by atoms with Gasteiger partial charge in [0.2, 0.25) is 0 Å². The minimum atomic E-state index is 0. The number of thioether (sulfide) groups is 1. The fourth-order valence-electron chi connectivity index (χ4n) is 0.691. The molecule has 0 aromatic heterocycles. The van der Waals surface area contributed by atoms with Crippen LogP contribution in [0.3, 0.4) is 0 Å². The van der Waals surface area contributed by atoms with Crippen LogP contribution in [0.25, 0.3) is 0 Å². The van der Waals surface area contributed by atoms with Gasteiger partial charge in [-0.1, -0.05) is 7.43 Å². The fraction of sp³-hybridized carbons (Fsp3) is 1.00. The van der Waals surface area contributed by atoms with Crippen LogP contribution in [0, 0.1) is 5.92 Å². The predicted octanol–water partition coefficient (Wildman–Crippen LogP) is 1.89. The molecule has 0 unspecified atom stereocenters. The monoisotopic (exact) mass is 240 g/mol. The molecule has 1 aliphatic heterocycles. The predicted molar refractivity (Wildman–Crippen MR) is 45.4 cm³/mol. The van der Waals surface area contributed by atoms with Crippen molar-refractivity contribution >= 4 is 33.4 Å². The third-order valence-corrected chi connectivity index (χ3v) is 5.43. The summed E-state index contributed by atoms with van der Waals surface area (Å²) in [4.78, 5) is 2.44. The zero-order valence-corrected chi connectivity index (χ0v) is 8.28. The molecule has 0 N–H and O–H groups in total. The van der Waals surface area contributed by atoms with Gasteiger partial charge < -0.3 is 0 Å². The molecule has 1 aliphatic rings. The van der Waals surface area contributed by atoms with Crippen molar-refractivity contribution < 1.29 is 0 Å². The molecule has 0 saturated carbocycles. The standard InChI is InChI=1S/C4H7S.CH4.CH3.Sb.H/c1-4-2-5-3-4;;;;/h4H,1-3H2;1H4;1H3;;. The van der Waals surface area contributed by atoms with Gasteiger partial charge in [0, 0.05) is 0 Å². The summed E-state index contributed by atoms with van der Waals surface area (Å²) in [6.45, 7) is 0. The minimum absolute atomic E-state index is 0. The van der Waals surface area contributed by atoms with Crippen molar-refractivity contribution in [2.24, 2.45) is 5.92 Å². The van der Waals surface area contributed by atoms with Crippen molar-refractivity contribution in [3.63, 3.8) is 0 Å². The van der Waals surface area contributed by atoms with Gasteiger partial charge in [-0.3, -0.25) is 0 Å². The molecule has 0 aromatic rings. The SMILES string of the molecule is C.[CH3][SbH][CH2]C1CSC1. The van der Waals surface area contributed by atoms with Gasteiger partial charge in [0.1, 0.15) is 0 Å². The zero-order chi connectivity index (χ0) is 5.11. The van der Waals surface area contributed by atoms with E-state index in [1.165, 1.54) is 17.4 Å². The second-order valence-corrected chi connectivity index (χ2v) is 6.22. The first kappa shape index (κ1) is 9.17. The summed E-state index contributed by atoms with van der Waals surface area (Å²) in [5.41, 5.74) is 0. The van der Waals surface area contributed by atoms with Crippen LogP contribution in [0.5, 0.6) is 0 Å². The summed E-state index contributed by atoms with van der Waals surface area (Å²) in [5.74, 6) is 4.13. The van der Waals surface area contributed by atoms with E-state index in [4.69, 9.17) is 0 Å². The molecule has 1 saturated heterocycles. The van der Waals surface area contributed by atoms with E-state index in [1.807, 2.05) is 0 Å². The molecule has 1 heterocycles. The molecule has 0 atom stereocenters. The average Bonchev–Trinajstić information content (AvgIpc) is 1.55. The molecule has 8 heavy (non-hydrogen) atoms. The maximum atomic E-state index is 2.44. The van der Waals surface area contributed by atoms with E-state index >= 15 is 0 Å². The first-order valence-corrected chi connectivity index (χ1v) is 8.68. The number of hydrogen-bond donors (Lipinski definition) is 0. The quantitative estimate of drug-likeness (QED) is 0.665. The second-order valence-electron chi connectivity index (χ2n) is 1.96. The summed E-state index contributed by atoms with van der Waals surface area (Å²) >= 11 is 2.28. The van der Waals surface area contributed by atoms with Crippen LogP contribution in [0.4, 0.5) is 0 Å². The van der Waals surface area contributed by atoms with Crippen molar-refractivity contribution in [3.05, 3.63) is 0 Å². The molecule has 0 aliphatic carbocycles. The van der Waals surface area contributed by atoms with E-state index in [9.17, 15) is 0 Å². The molecule has 1 fully saturated rings. The summed E-state index contributed by atoms with van der Waals surface area (Å²) in [6, 6.07) is 0. The molecule has 0 radical (unpaired) electrons. The van der Waals surface area contributed by atoms with Gasteiger partial charge in [0.05, 0.1) is 0 Å². The van der Waals surface area contributed by atoms with Gasteiger partial charge in [0.15, 0.2) is 0 Å². The molecule has 0 nitrogen and oxygen atoms in total. The Bertz CT molecular complexity index is 52.5. The van der Waals surface area contributed by atoms with Crippen molar-refractivity contribution in [1.82, 2.24) is 0 Å². The number of hydrogen-bond acceptors (Lipinski definition) is 1. The van der Waals surface area contributed by atoms with Crippen LogP contribution in [0.15, 0.2) is 0 Å².